The summed E-state index contributed by atoms with van der Waals surface area (Å²) in [6, 6.07) is 5.24. The van der Waals surface area contributed by atoms with Crippen LogP contribution in [0.25, 0.3) is 21.3 Å². The van der Waals surface area contributed by atoms with Gasteiger partial charge in [-0.15, -0.1) is 0 Å². The summed E-state index contributed by atoms with van der Waals surface area (Å²) in [6.07, 6.45) is 3.36. The van der Waals surface area contributed by atoms with Gasteiger partial charge in [-0.25, -0.2) is 4.98 Å². The molecule has 0 N–H and O–H groups in total. The van der Waals surface area contributed by atoms with Crippen molar-refractivity contribution in [2.75, 3.05) is 0 Å². The smallest absolute Gasteiger partial charge is 0.127 e. The summed E-state index contributed by atoms with van der Waals surface area (Å²) in [7, 11) is 0. The van der Waals surface area contributed by atoms with E-state index in [9.17, 15) is 0 Å². The van der Waals surface area contributed by atoms with Crippen molar-refractivity contribution in [3.8, 4) is 0 Å². The molecule has 0 saturated carbocycles. The van der Waals surface area contributed by atoms with E-state index in [2.05, 4.69) is 20.0 Å². The van der Waals surface area contributed by atoms with Crippen LogP contribution in [0.2, 0.25) is 0 Å². The predicted octanol–water partition coefficient (Wildman–Crippen LogP) is 2.57. The Morgan fingerprint density at radius 2 is 2.23 bits per heavy atom. The summed E-state index contributed by atoms with van der Waals surface area (Å²) in [5.74, 6) is 0.376. The van der Waals surface area contributed by atoms with Crippen LogP contribution in [0.3, 0.4) is 0 Å². The molecular weight excluding hydrogens is 166 g/mol. The standard InChI is InChI=1S/C8H5N5/c9-13-12-8-2-1-6-5-10-4-3-7(6)11-8/h1-5H. The molecule has 0 spiro atoms. The van der Waals surface area contributed by atoms with Crippen molar-refractivity contribution in [3.05, 3.63) is 41.0 Å². The minimum atomic E-state index is 0.376. The average Bonchev–Trinajstić information content (AvgIpc) is 2.18. The topological polar surface area (TPSA) is 74.5 Å². The molecule has 0 unspecified atom stereocenters. The van der Waals surface area contributed by atoms with Crippen LogP contribution in [0.4, 0.5) is 5.82 Å². The van der Waals surface area contributed by atoms with E-state index in [-0.39, 0.29) is 0 Å². The SMILES string of the molecule is [N-]=[N+]=Nc1ccc2cnccc2n1. The van der Waals surface area contributed by atoms with Gasteiger partial charge in [0.2, 0.25) is 0 Å². The highest BCUT2D eigenvalue weighted by Gasteiger charge is 1.94. The Kier molecular flexibility index (Phi) is 1.78. The number of pyridine rings is 2. The number of aromatic nitrogens is 2. The molecule has 2 aromatic heterocycles. The highest BCUT2D eigenvalue weighted by atomic mass is 15.2. The molecule has 0 aliphatic rings. The maximum Gasteiger partial charge on any atom is 0.127 e. The second-order valence-corrected chi connectivity index (χ2v) is 2.43. The van der Waals surface area contributed by atoms with Gasteiger partial charge in [0.25, 0.3) is 0 Å². The molecule has 0 amide bonds. The lowest BCUT2D eigenvalue weighted by atomic mass is 10.3. The number of rotatable bonds is 1. The number of hydrogen-bond acceptors (Lipinski definition) is 3. The van der Waals surface area contributed by atoms with Gasteiger partial charge >= 0.3 is 0 Å². The van der Waals surface area contributed by atoms with Crippen molar-refractivity contribution in [1.82, 2.24) is 9.97 Å². The van der Waals surface area contributed by atoms with Crippen LogP contribution in [-0.2, 0) is 0 Å². The Bertz CT molecular complexity index is 487. The molecule has 62 valence electrons. The number of hydrogen-bond donors (Lipinski definition) is 0. The Morgan fingerprint density at radius 3 is 3.08 bits per heavy atom. The van der Waals surface area contributed by atoms with E-state index in [1.54, 1.807) is 24.5 Å². The molecule has 0 fully saturated rings. The van der Waals surface area contributed by atoms with Gasteiger partial charge in [-0.3, -0.25) is 4.98 Å². The highest BCUT2D eigenvalue weighted by molar-refractivity contribution is 5.78. The first-order chi connectivity index (χ1) is 6.40. The van der Waals surface area contributed by atoms with Crippen LogP contribution in [-0.4, -0.2) is 9.97 Å². The zero-order chi connectivity index (χ0) is 9.10. The zero-order valence-corrected chi connectivity index (χ0v) is 6.62. The fourth-order valence-corrected chi connectivity index (χ4v) is 1.06. The maximum atomic E-state index is 8.20. The van der Waals surface area contributed by atoms with Crippen LogP contribution >= 0.6 is 0 Å². The van der Waals surface area contributed by atoms with E-state index in [0.717, 1.165) is 10.9 Å². The fraction of sp³-hybridized carbons (Fsp3) is 0. The Balaban J connectivity index is 2.68. The van der Waals surface area contributed by atoms with E-state index >= 15 is 0 Å². The van der Waals surface area contributed by atoms with Crippen LogP contribution in [0.5, 0.6) is 0 Å². The molecule has 0 saturated heterocycles. The van der Waals surface area contributed by atoms with Gasteiger partial charge in [0.05, 0.1) is 5.52 Å². The lowest BCUT2D eigenvalue weighted by molar-refractivity contribution is 1.28. The largest absolute Gasteiger partial charge is 0.264 e. The van der Waals surface area contributed by atoms with Gasteiger partial charge in [-0.2, -0.15) is 0 Å². The van der Waals surface area contributed by atoms with Gasteiger partial charge in [-0.1, -0.05) is 0 Å². The summed E-state index contributed by atoms with van der Waals surface area (Å²) >= 11 is 0. The van der Waals surface area contributed by atoms with Gasteiger partial charge < -0.3 is 0 Å². The van der Waals surface area contributed by atoms with Crippen molar-refractivity contribution in [2.24, 2.45) is 5.11 Å². The summed E-state index contributed by atoms with van der Waals surface area (Å²) in [6.45, 7) is 0. The minimum Gasteiger partial charge on any atom is -0.264 e. The molecule has 0 radical (unpaired) electrons. The van der Waals surface area contributed by atoms with Crippen molar-refractivity contribution >= 4 is 16.7 Å². The fourth-order valence-electron chi connectivity index (χ4n) is 1.06. The second kappa shape index (κ2) is 3.08. The van der Waals surface area contributed by atoms with E-state index < -0.39 is 0 Å². The van der Waals surface area contributed by atoms with Crippen LogP contribution in [0.1, 0.15) is 0 Å². The first-order valence-corrected chi connectivity index (χ1v) is 3.66. The predicted molar refractivity (Wildman–Crippen MR) is 48.3 cm³/mol. The van der Waals surface area contributed by atoms with E-state index in [4.69, 9.17) is 5.53 Å². The van der Waals surface area contributed by atoms with E-state index in [1.807, 2.05) is 6.07 Å². The molecule has 2 heterocycles. The molecule has 2 rings (SSSR count). The molecule has 0 atom stereocenters. The molecule has 0 aliphatic carbocycles. The molecule has 5 nitrogen and oxygen atoms in total. The third-order valence-corrected chi connectivity index (χ3v) is 1.62. The summed E-state index contributed by atoms with van der Waals surface area (Å²) in [5.41, 5.74) is 8.98. The molecule has 0 aromatic carbocycles. The zero-order valence-electron chi connectivity index (χ0n) is 6.62. The van der Waals surface area contributed by atoms with Gasteiger partial charge in [0, 0.05) is 22.7 Å². The van der Waals surface area contributed by atoms with Gasteiger partial charge in [0.1, 0.15) is 5.82 Å². The number of nitrogens with zero attached hydrogens (tertiary/aromatic N) is 5. The lowest BCUT2D eigenvalue weighted by Crippen LogP contribution is -1.78. The first-order valence-electron chi connectivity index (χ1n) is 3.66. The third kappa shape index (κ3) is 1.40. The lowest BCUT2D eigenvalue weighted by Gasteiger charge is -1.95. The molecule has 0 aliphatic heterocycles. The minimum absolute atomic E-state index is 0.376. The summed E-state index contributed by atoms with van der Waals surface area (Å²) < 4.78 is 0. The monoisotopic (exact) mass is 171 g/mol. The molecule has 2 aromatic rings. The van der Waals surface area contributed by atoms with Crippen LogP contribution in [0, 0.1) is 0 Å². The Labute approximate surface area is 73.7 Å². The Morgan fingerprint density at radius 1 is 1.31 bits per heavy atom. The van der Waals surface area contributed by atoms with E-state index in [1.165, 1.54) is 0 Å². The molecule has 5 heteroatoms. The van der Waals surface area contributed by atoms with E-state index in [0.29, 0.717) is 5.82 Å². The van der Waals surface area contributed by atoms with Gasteiger partial charge in [0.15, 0.2) is 0 Å². The van der Waals surface area contributed by atoms with Crippen molar-refractivity contribution in [1.29, 1.82) is 0 Å². The van der Waals surface area contributed by atoms with Crippen LogP contribution < -0.4 is 0 Å². The number of fused-ring (bicyclic) bond motifs is 1. The number of azide groups is 1. The normalized spacial score (nSPS) is 9.54. The van der Waals surface area contributed by atoms with Crippen molar-refractivity contribution in [3.63, 3.8) is 0 Å². The molecular formula is C8H5N5. The van der Waals surface area contributed by atoms with Crippen molar-refractivity contribution < 1.29 is 0 Å². The summed E-state index contributed by atoms with van der Waals surface area (Å²) in [4.78, 5) is 10.7. The highest BCUT2D eigenvalue weighted by Crippen LogP contribution is 2.15. The van der Waals surface area contributed by atoms with Crippen molar-refractivity contribution in [2.45, 2.75) is 0 Å². The molecule has 0 bridgehead atoms. The summed E-state index contributed by atoms with van der Waals surface area (Å²) in [5, 5.41) is 4.34. The quantitative estimate of drug-likeness (QED) is 0.375. The van der Waals surface area contributed by atoms with Gasteiger partial charge in [-0.05, 0) is 28.8 Å². The average molecular weight is 171 g/mol. The first kappa shape index (κ1) is 7.52. The second-order valence-electron chi connectivity index (χ2n) is 2.43. The molecule has 13 heavy (non-hydrogen) atoms. The Hall–Kier alpha value is -2.13. The third-order valence-electron chi connectivity index (χ3n) is 1.62. The maximum absolute atomic E-state index is 8.20. The van der Waals surface area contributed by atoms with Crippen LogP contribution in [0.15, 0.2) is 35.7 Å².